The third-order valence-corrected chi connectivity index (χ3v) is 2.51. The van der Waals surface area contributed by atoms with Crippen molar-refractivity contribution < 1.29 is 4.74 Å². The second-order valence-corrected chi connectivity index (χ2v) is 4.37. The number of ether oxygens (including phenoxy) is 1. The Balaban J connectivity index is 2.64. The van der Waals surface area contributed by atoms with Crippen LogP contribution in [-0.2, 0) is 0 Å². The minimum absolute atomic E-state index is 0.0724. The third-order valence-electron chi connectivity index (χ3n) is 2.51. The number of nitrogens with two attached hydrogens (primary N) is 1. The van der Waals surface area contributed by atoms with Crippen LogP contribution in [0.4, 0.5) is 0 Å². The summed E-state index contributed by atoms with van der Waals surface area (Å²) in [5.41, 5.74) is 9.24. The number of aryl methyl sites for hydroxylation is 1. The molecule has 1 aromatic carbocycles. The molecule has 0 saturated carbocycles. The largest absolute Gasteiger partial charge is 0.493 e. The van der Waals surface area contributed by atoms with E-state index >= 15 is 0 Å². The second kappa shape index (κ2) is 5.71. The normalized spacial score (nSPS) is 12.2. The van der Waals surface area contributed by atoms with Crippen molar-refractivity contribution in [3.63, 3.8) is 0 Å². The first-order chi connectivity index (χ1) is 7.50. The average Bonchev–Trinajstić information content (AvgIpc) is 2.19. The lowest BCUT2D eigenvalue weighted by molar-refractivity contribution is 0.319. The Kier molecular flexibility index (Phi) is 4.56. The van der Waals surface area contributed by atoms with Crippen LogP contribution < -0.4 is 10.5 Å². The molecule has 0 radical (unpaired) electrons. The van der Waals surface area contributed by atoms with Crippen LogP contribution in [0, 0.1) is 6.92 Å². The molecule has 0 aliphatic heterocycles. The molecule has 1 rings (SSSR count). The van der Waals surface area contributed by atoms with Crippen molar-refractivity contribution in [2.45, 2.75) is 33.2 Å². The van der Waals surface area contributed by atoms with Gasteiger partial charge in [0.15, 0.2) is 0 Å². The molecule has 88 valence electrons. The lowest BCUT2D eigenvalue weighted by atomic mass is 10.1. The molecule has 1 atom stereocenters. The maximum absolute atomic E-state index is 5.82. The molecule has 0 amide bonds. The zero-order valence-electron chi connectivity index (χ0n) is 10.4. The average molecular weight is 219 g/mol. The van der Waals surface area contributed by atoms with Gasteiger partial charge in [-0.15, -0.1) is 6.58 Å². The molecular weight excluding hydrogens is 198 g/mol. The van der Waals surface area contributed by atoms with E-state index in [-0.39, 0.29) is 6.04 Å². The van der Waals surface area contributed by atoms with Gasteiger partial charge < -0.3 is 10.5 Å². The molecule has 0 bridgehead atoms. The van der Waals surface area contributed by atoms with Crippen molar-refractivity contribution >= 4 is 0 Å². The van der Waals surface area contributed by atoms with Crippen LogP contribution in [0.25, 0.3) is 0 Å². The van der Waals surface area contributed by atoms with Crippen LogP contribution in [0.2, 0.25) is 0 Å². The molecule has 0 spiro atoms. The van der Waals surface area contributed by atoms with Crippen LogP contribution in [0.15, 0.2) is 30.4 Å². The van der Waals surface area contributed by atoms with E-state index in [1.54, 1.807) is 0 Å². The fourth-order valence-corrected chi connectivity index (χ4v) is 1.45. The Labute approximate surface area is 98.1 Å². The molecule has 1 unspecified atom stereocenters. The molecule has 0 saturated heterocycles. The van der Waals surface area contributed by atoms with Gasteiger partial charge >= 0.3 is 0 Å². The van der Waals surface area contributed by atoms with Crippen molar-refractivity contribution in [2.75, 3.05) is 6.61 Å². The molecule has 16 heavy (non-hydrogen) atoms. The zero-order valence-corrected chi connectivity index (χ0v) is 10.4. The van der Waals surface area contributed by atoms with Gasteiger partial charge in [0.2, 0.25) is 0 Å². The molecule has 1 aromatic rings. The Hall–Kier alpha value is -1.28. The van der Waals surface area contributed by atoms with E-state index < -0.39 is 0 Å². The van der Waals surface area contributed by atoms with Gasteiger partial charge in [-0.05, 0) is 38.0 Å². The van der Waals surface area contributed by atoms with Crippen LogP contribution in [0.5, 0.6) is 5.75 Å². The highest BCUT2D eigenvalue weighted by molar-refractivity contribution is 5.37. The number of benzene rings is 1. The Morgan fingerprint density at radius 1 is 1.50 bits per heavy atom. The zero-order chi connectivity index (χ0) is 12.1. The summed E-state index contributed by atoms with van der Waals surface area (Å²) in [6, 6.07) is 6.17. The predicted molar refractivity (Wildman–Crippen MR) is 68.7 cm³/mol. The third kappa shape index (κ3) is 3.70. The van der Waals surface area contributed by atoms with Gasteiger partial charge in [-0.3, -0.25) is 0 Å². The van der Waals surface area contributed by atoms with Gasteiger partial charge in [-0.1, -0.05) is 17.7 Å². The summed E-state index contributed by atoms with van der Waals surface area (Å²) in [6.45, 7) is 10.6. The topological polar surface area (TPSA) is 35.2 Å². The molecular formula is C14H21NO. The van der Waals surface area contributed by atoms with E-state index in [4.69, 9.17) is 10.5 Å². The standard InChI is InChI=1S/C14H21NO/c1-10(2)7-8-16-14-6-5-13(12(4)15)9-11(14)3/h5-6,9,12H,1,7-8,15H2,2-4H3. The summed E-state index contributed by atoms with van der Waals surface area (Å²) in [5.74, 6) is 0.936. The minimum Gasteiger partial charge on any atom is -0.493 e. The summed E-state index contributed by atoms with van der Waals surface area (Å²) in [7, 11) is 0. The Morgan fingerprint density at radius 2 is 2.19 bits per heavy atom. The van der Waals surface area contributed by atoms with E-state index in [1.165, 1.54) is 0 Å². The molecule has 0 fully saturated rings. The molecule has 0 aliphatic carbocycles. The van der Waals surface area contributed by atoms with E-state index in [0.717, 1.165) is 28.9 Å². The van der Waals surface area contributed by atoms with Crippen LogP contribution in [-0.4, -0.2) is 6.61 Å². The van der Waals surface area contributed by atoms with E-state index in [1.807, 2.05) is 32.9 Å². The maximum Gasteiger partial charge on any atom is 0.122 e. The summed E-state index contributed by atoms with van der Waals surface area (Å²) >= 11 is 0. The Morgan fingerprint density at radius 3 is 2.69 bits per heavy atom. The fourth-order valence-electron chi connectivity index (χ4n) is 1.45. The first-order valence-electron chi connectivity index (χ1n) is 5.64. The smallest absolute Gasteiger partial charge is 0.122 e. The second-order valence-electron chi connectivity index (χ2n) is 4.37. The summed E-state index contributed by atoms with van der Waals surface area (Å²) in [4.78, 5) is 0. The Bertz CT molecular complexity index is 369. The fraction of sp³-hybridized carbons (Fsp3) is 0.429. The van der Waals surface area contributed by atoms with Crippen LogP contribution >= 0.6 is 0 Å². The van der Waals surface area contributed by atoms with Gasteiger partial charge in [-0.2, -0.15) is 0 Å². The van der Waals surface area contributed by atoms with E-state index in [0.29, 0.717) is 6.61 Å². The molecule has 2 heteroatoms. The van der Waals surface area contributed by atoms with Crippen molar-refractivity contribution in [1.29, 1.82) is 0 Å². The minimum atomic E-state index is 0.0724. The molecule has 0 aromatic heterocycles. The lowest BCUT2D eigenvalue weighted by Crippen LogP contribution is -2.06. The van der Waals surface area contributed by atoms with Crippen molar-refractivity contribution in [3.05, 3.63) is 41.5 Å². The summed E-state index contributed by atoms with van der Waals surface area (Å²) < 4.78 is 5.68. The van der Waals surface area contributed by atoms with Gasteiger partial charge in [0, 0.05) is 12.5 Å². The number of rotatable bonds is 5. The SMILES string of the molecule is C=C(C)CCOc1ccc(C(C)N)cc1C. The van der Waals surface area contributed by atoms with Gasteiger partial charge in [0.1, 0.15) is 5.75 Å². The monoisotopic (exact) mass is 219 g/mol. The summed E-state index contributed by atoms with van der Waals surface area (Å²) in [5, 5.41) is 0. The van der Waals surface area contributed by atoms with Crippen molar-refractivity contribution in [2.24, 2.45) is 5.73 Å². The molecule has 0 aliphatic rings. The van der Waals surface area contributed by atoms with E-state index in [9.17, 15) is 0 Å². The van der Waals surface area contributed by atoms with Gasteiger partial charge in [-0.25, -0.2) is 0 Å². The van der Waals surface area contributed by atoms with Gasteiger partial charge in [0.05, 0.1) is 6.61 Å². The quantitative estimate of drug-likeness (QED) is 0.771. The van der Waals surface area contributed by atoms with Crippen molar-refractivity contribution in [1.82, 2.24) is 0 Å². The lowest BCUT2D eigenvalue weighted by Gasteiger charge is -2.12. The highest BCUT2D eigenvalue weighted by Gasteiger charge is 2.04. The first-order valence-corrected chi connectivity index (χ1v) is 5.64. The molecule has 0 heterocycles. The molecule has 2 N–H and O–H groups in total. The van der Waals surface area contributed by atoms with Gasteiger partial charge in [0.25, 0.3) is 0 Å². The number of hydrogen-bond acceptors (Lipinski definition) is 2. The highest BCUT2D eigenvalue weighted by Crippen LogP contribution is 2.22. The number of hydrogen-bond donors (Lipinski definition) is 1. The van der Waals surface area contributed by atoms with Crippen molar-refractivity contribution in [3.8, 4) is 5.75 Å². The summed E-state index contributed by atoms with van der Waals surface area (Å²) in [6.07, 6.45) is 0.897. The highest BCUT2D eigenvalue weighted by atomic mass is 16.5. The molecule has 2 nitrogen and oxygen atoms in total. The van der Waals surface area contributed by atoms with Crippen LogP contribution in [0.1, 0.15) is 37.4 Å². The predicted octanol–water partition coefficient (Wildman–Crippen LogP) is 3.36. The van der Waals surface area contributed by atoms with E-state index in [2.05, 4.69) is 12.6 Å². The van der Waals surface area contributed by atoms with Crippen LogP contribution in [0.3, 0.4) is 0 Å². The first kappa shape index (κ1) is 12.8. The maximum atomic E-state index is 5.82.